The number of rotatable bonds is 2. The average molecular weight is 265 g/mol. The second-order valence-corrected chi connectivity index (χ2v) is 4.21. The number of ether oxygens (including phenoxy) is 1. The summed E-state index contributed by atoms with van der Waals surface area (Å²) in [7, 11) is 1.54. The predicted molar refractivity (Wildman–Crippen MR) is 74.5 cm³/mol. The molecule has 1 aromatic carbocycles. The van der Waals surface area contributed by atoms with E-state index < -0.39 is 0 Å². The smallest absolute Gasteiger partial charge is 0.215 e. The van der Waals surface area contributed by atoms with E-state index in [9.17, 15) is 5.26 Å². The molecule has 0 bridgehead atoms. The van der Waals surface area contributed by atoms with Crippen molar-refractivity contribution in [1.82, 2.24) is 14.8 Å². The monoisotopic (exact) mass is 265 g/mol. The van der Waals surface area contributed by atoms with E-state index in [1.807, 2.05) is 0 Å². The number of methoxy groups -OCH3 is 1. The van der Waals surface area contributed by atoms with E-state index in [0.717, 1.165) is 5.39 Å². The number of fused-ring (bicyclic) bond motifs is 1. The summed E-state index contributed by atoms with van der Waals surface area (Å²) >= 11 is 0. The molecule has 3 aromatic rings. The number of nitriles is 1. The molecule has 2 heterocycles. The highest BCUT2D eigenvalue weighted by atomic mass is 16.5. The van der Waals surface area contributed by atoms with Crippen molar-refractivity contribution >= 4 is 16.6 Å². The molecule has 0 atom stereocenters. The van der Waals surface area contributed by atoms with Gasteiger partial charge in [-0.3, -0.25) is 0 Å². The van der Waals surface area contributed by atoms with Gasteiger partial charge >= 0.3 is 0 Å². The number of nitrogens with two attached hydrogens (primary N) is 1. The van der Waals surface area contributed by atoms with Crippen molar-refractivity contribution in [3.05, 3.63) is 42.2 Å². The minimum atomic E-state index is 0.452. The molecule has 3 rings (SSSR count). The Hall–Kier alpha value is -3.07. The second-order valence-electron chi connectivity index (χ2n) is 4.21. The van der Waals surface area contributed by atoms with Crippen LogP contribution in [0.5, 0.6) is 5.88 Å². The first kappa shape index (κ1) is 12.0. The van der Waals surface area contributed by atoms with Crippen LogP contribution in [0, 0.1) is 11.3 Å². The van der Waals surface area contributed by atoms with Gasteiger partial charge in [0.15, 0.2) is 5.69 Å². The Morgan fingerprint density at radius 1 is 1.30 bits per heavy atom. The highest BCUT2D eigenvalue weighted by Crippen LogP contribution is 2.24. The van der Waals surface area contributed by atoms with Crippen molar-refractivity contribution in [3.8, 4) is 17.6 Å². The van der Waals surface area contributed by atoms with E-state index in [2.05, 4.69) is 16.2 Å². The van der Waals surface area contributed by atoms with Gasteiger partial charge in [-0.25, -0.2) is 9.67 Å². The van der Waals surface area contributed by atoms with Crippen molar-refractivity contribution in [2.45, 2.75) is 0 Å². The van der Waals surface area contributed by atoms with Crippen LogP contribution in [-0.2, 0) is 0 Å². The minimum Gasteiger partial charge on any atom is -0.481 e. The molecular formula is C14H11N5O. The van der Waals surface area contributed by atoms with Gasteiger partial charge in [0.2, 0.25) is 5.88 Å². The number of pyridine rings is 1. The van der Waals surface area contributed by atoms with E-state index in [1.165, 1.54) is 7.11 Å². The maximum atomic E-state index is 9.37. The third-order valence-corrected chi connectivity index (χ3v) is 2.97. The van der Waals surface area contributed by atoms with E-state index >= 15 is 0 Å². The lowest BCUT2D eigenvalue weighted by molar-refractivity contribution is 0.397. The molecule has 0 spiro atoms. The molecule has 6 nitrogen and oxygen atoms in total. The van der Waals surface area contributed by atoms with Crippen LogP contribution in [0.4, 0.5) is 5.69 Å². The summed E-state index contributed by atoms with van der Waals surface area (Å²) in [5, 5.41) is 14.6. The lowest BCUT2D eigenvalue weighted by Crippen LogP contribution is -2.00. The summed E-state index contributed by atoms with van der Waals surface area (Å²) in [4.78, 5) is 4.04. The molecule has 0 unspecified atom stereocenters. The molecule has 0 saturated carbocycles. The second kappa shape index (κ2) is 4.55. The van der Waals surface area contributed by atoms with Gasteiger partial charge in [0.1, 0.15) is 6.07 Å². The normalized spacial score (nSPS) is 10.4. The zero-order chi connectivity index (χ0) is 14.1. The quantitative estimate of drug-likeness (QED) is 0.714. The van der Waals surface area contributed by atoms with Crippen molar-refractivity contribution < 1.29 is 4.74 Å². The number of anilines is 1. The molecule has 6 heteroatoms. The Kier molecular flexibility index (Phi) is 2.73. The molecule has 0 amide bonds. The Bertz CT molecular complexity index is 831. The van der Waals surface area contributed by atoms with E-state index in [-0.39, 0.29) is 0 Å². The van der Waals surface area contributed by atoms with Gasteiger partial charge in [-0.05, 0) is 24.3 Å². The molecule has 0 radical (unpaired) electrons. The number of hydrogen-bond donors (Lipinski definition) is 1. The number of hydrogen-bond acceptors (Lipinski definition) is 5. The molecule has 0 saturated heterocycles. The van der Waals surface area contributed by atoms with Gasteiger partial charge in [0.25, 0.3) is 0 Å². The summed E-state index contributed by atoms with van der Waals surface area (Å²) in [6.07, 6.45) is 1.61. The molecule has 98 valence electrons. The fourth-order valence-electron chi connectivity index (χ4n) is 2.04. The summed E-state index contributed by atoms with van der Waals surface area (Å²) in [6.45, 7) is 0. The summed E-state index contributed by atoms with van der Waals surface area (Å²) in [5.74, 6) is 0.463. The van der Waals surface area contributed by atoms with Gasteiger partial charge in [-0.15, -0.1) is 0 Å². The fourth-order valence-corrected chi connectivity index (χ4v) is 2.04. The lowest BCUT2D eigenvalue weighted by atomic mass is 10.2. The van der Waals surface area contributed by atoms with Gasteiger partial charge in [-0.1, -0.05) is 0 Å². The number of nitrogens with zero attached hydrogens (tertiary/aromatic N) is 4. The van der Waals surface area contributed by atoms with Gasteiger partial charge in [-0.2, -0.15) is 10.4 Å². The van der Waals surface area contributed by atoms with Crippen molar-refractivity contribution in [1.29, 1.82) is 5.26 Å². The van der Waals surface area contributed by atoms with Gasteiger partial charge < -0.3 is 10.5 Å². The minimum absolute atomic E-state index is 0.452. The molecule has 20 heavy (non-hydrogen) atoms. The molecule has 0 fully saturated rings. The van der Waals surface area contributed by atoms with Crippen LogP contribution in [0.2, 0.25) is 0 Å². The first-order valence-electron chi connectivity index (χ1n) is 5.91. The topological polar surface area (TPSA) is 89.8 Å². The molecule has 0 aliphatic heterocycles. The summed E-state index contributed by atoms with van der Waals surface area (Å²) < 4.78 is 6.65. The van der Waals surface area contributed by atoms with Crippen molar-refractivity contribution in [2.24, 2.45) is 0 Å². The van der Waals surface area contributed by atoms with Crippen LogP contribution in [0.1, 0.15) is 5.69 Å². The van der Waals surface area contributed by atoms with E-state index in [4.69, 9.17) is 10.5 Å². The molecule has 2 aromatic heterocycles. The molecule has 0 aliphatic carbocycles. The Morgan fingerprint density at radius 2 is 2.15 bits per heavy atom. The maximum Gasteiger partial charge on any atom is 0.215 e. The number of nitrogen functional groups attached to an aromatic ring is 1. The predicted octanol–water partition coefficient (Wildman–Crippen LogP) is 1.88. The van der Waals surface area contributed by atoms with Crippen LogP contribution in [0.25, 0.3) is 16.6 Å². The van der Waals surface area contributed by atoms with Crippen LogP contribution in [0.3, 0.4) is 0 Å². The Balaban J connectivity index is 2.27. The largest absolute Gasteiger partial charge is 0.481 e. The SMILES string of the molecule is COc1cc(-n2nc3cc(N)ccc3c2C#N)ccn1. The van der Waals surface area contributed by atoms with Gasteiger partial charge in [0, 0.05) is 23.3 Å². The van der Waals surface area contributed by atoms with Crippen molar-refractivity contribution in [3.63, 3.8) is 0 Å². The maximum absolute atomic E-state index is 9.37. The van der Waals surface area contributed by atoms with Crippen molar-refractivity contribution in [2.75, 3.05) is 12.8 Å². The van der Waals surface area contributed by atoms with Crippen LogP contribution < -0.4 is 10.5 Å². The fraction of sp³-hybridized carbons (Fsp3) is 0.0714. The number of aromatic nitrogens is 3. The van der Waals surface area contributed by atoms with E-state index in [0.29, 0.717) is 28.5 Å². The Morgan fingerprint density at radius 3 is 2.90 bits per heavy atom. The summed E-state index contributed by atoms with van der Waals surface area (Å²) in [6, 6.07) is 10.9. The Labute approximate surface area is 115 Å². The third-order valence-electron chi connectivity index (χ3n) is 2.97. The highest BCUT2D eigenvalue weighted by molar-refractivity contribution is 5.87. The first-order valence-corrected chi connectivity index (χ1v) is 5.91. The standard InChI is InChI=1S/C14H11N5O/c1-20-14-7-10(4-5-17-14)19-13(8-15)11-3-2-9(16)6-12(11)18-19/h2-7H,16H2,1H3. The molecular weight excluding hydrogens is 254 g/mol. The van der Waals surface area contributed by atoms with Crippen LogP contribution >= 0.6 is 0 Å². The molecule has 0 aliphatic rings. The third kappa shape index (κ3) is 1.82. The molecule has 2 N–H and O–H groups in total. The zero-order valence-corrected chi connectivity index (χ0v) is 10.7. The van der Waals surface area contributed by atoms with E-state index in [1.54, 1.807) is 41.2 Å². The summed E-state index contributed by atoms with van der Waals surface area (Å²) in [5.41, 5.74) is 8.20. The first-order chi connectivity index (χ1) is 9.72. The lowest BCUT2D eigenvalue weighted by Gasteiger charge is -2.04. The zero-order valence-electron chi connectivity index (χ0n) is 10.7. The van der Waals surface area contributed by atoms with Gasteiger partial charge in [0.05, 0.1) is 18.3 Å². The highest BCUT2D eigenvalue weighted by Gasteiger charge is 2.13. The van der Waals surface area contributed by atoms with Crippen LogP contribution in [0.15, 0.2) is 36.5 Å². The van der Waals surface area contributed by atoms with Crippen LogP contribution in [-0.4, -0.2) is 21.9 Å². The number of benzene rings is 1. The average Bonchev–Trinajstić information content (AvgIpc) is 2.84.